The van der Waals surface area contributed by atoms with Crippen molar-refractivity contribution in [3.05, 3.63) is 41.4 Å². The largest absolute Gasteiger partial charge is 0.740 e. The van der Waals surface area contributed by atoms with Gasteiger partial charge in [-0.3, -0.25) is 0 Å². The summed E-state index contributed by atoms with van der Waals surface area (Å²) in [6.45, 7) is 0. The highest BCUT2D eigenvalue weighted by Gasteiger charge is 2.02. The van der Waals surface area contributed by atoms with Gasteiger partial charge in [-0.05, 0) is 29.7 Å². The van der Waals surface area contributed by atoms with E-state index in [1.807, 2.05) is 6.07 Å². The molecule has 15 heavy (non-hydrogen) atoms. The Morgan fingerprint density at radius 3 is 2.80 bits per heavy atom. The summed E-state index contributed by atoms with van der Waals surface area (Å²) in [6, 6.07) is 10.3. The van der Waals surface area contributed by atoms with Crippen molar-refractivity contribution in [2.45, 2.75) is 0 Å². The SMILES string of the molecule is O=S([O-])Oc1cccc2cc(Cl)ccc12. The maximum atomic E-state index is 10.4. The third-order valence-electron chi connectivity index (χ3n) is 1.96. The topological polar surface area (TPSA) is 49.4 Å². The van der Waals surface area contributed by atoms with Crippen molar-refractivity contribution in [1.29, 1.82) is 0 Å². The molecule has 1 atom stereocenters. The molecule has 0 aliphatic rings. The summed E-state index contributed by atoms with van der Waals surface area (Å²) in [4.78, 5) is 0. The Morgan fingerprint density at radius 2 is 2.07 bits per heavy atom. The average molecular weight is 242 g/mol. The molecule has 2 rings (SSSR count). The van der Waals surface area contributed by atoms with Crippen LogP contribution < -0.4 is 4.18 Å². The molecule has 1 unspecified atom stereocenters. The van der Waals surface area contributed by atoms with Crippen LogP contribution in [0.1, 0.15) is 0 Å². The molecule has 0 N–H and O–H groups in total. The molecule has 0 saturated carbocycles. The van der Waals surface area contributed by atoms with Crippen molar-refractivity contribution in [2.75, 3.05) is 0 Å². The quantitative estimate of drug-likeness (QED) is 0.760. The Labute approximate surface area is 94.1 Å². The predicted octanol–water partition coefficient (Wildman–Crippen LogP) is 2.67. The molecule has 0 aromatic heterocycles. The lowest BCUT2D eigenvalue weighted by Crippen LogP contribution is -1.98. The molecule has 0 fully saturated rings. The molecule has 5 heteroatoms. The third-order valence-corrected chi connectivity index (χ3v) is 2.51. The molecule has 0 spiro atoms. The molecule has 3 nitrogen and oxygen atoms in total. The van der Waals surface area contributed by atoms with E-state index in [9.17, 15) is 8.76 Å². The van der Waals surface area contributed by atoms with Gasteiger partial charge in [0.1, 0.15) is 17.1 Å². The van der Waals surface area contributed by atoms with E-state index in [1.165, 1.54) is 0 Å². The molecule has 78 valence electrons. The van der Waals surface area contributed by atoms with Gasteiger partial charge in [0.25, 0.3) is 0 Å². The number of hydrogen-bond acceptors (Lipinski definition) is 3. The van der Waals surface area contributed by atoms with Crippen LogP contribution in [0, 0.1) is 0 Å². The Hall–Kier alpha value is -1.10. The summed E-state index contributed by atoms with van der Waals surface area (Å²) in [5.41, 5.74) is 0. The van der Waals surface area contributed by atoms with E-state index < -0.39 is 11.4 Å². The van der Waals surface area contributed by atoms with Gasteiger partial charge >= 0.3 is 0 Å². The molecule has 0 bridgehead atoms. The van der Waals surface area contributed by atoms with E-state index in [4.69, 9.17) is 11.6 Å². The Morgan fingerprint density at radius 1 is 1.27 bits per heavy atom. The van der Waals surface area contributed by atoms with E-state index in [0.29, 0.717) is 16.2 Å². The minimum atomic E-state index is -2.56. The number of fused-ring (bicyclic) bond motifs is 1. The molecular weight excluding hydrogens is 236 g/mol. The first-order valence-corrected chi connectivity index (χ1v) is 5.50. The van der Waals surface area contributed by atoms with Gasteiger partial charge in [-0.2, -0.15) is 0 Å². The van der Waals surface area contributed by atoms with Crippen LogP contribution >= 0.6 is 11.6 Å². The standard InChI is InChI=1S/C10H7ClO3S/c11-8-4-5-9-7(6-8)2-1-3-10(9)14-15(12)13/h1-6H,(H,12,13)/p-1. The van der Waals surface area contributed by atoms with Crippen molar-refractivity contribution < 1.29 is 12.9 Å². The summed E-state index contributed by atoms with van der Waals surface area (Å²) < 4.78 is 25.5. The van der Waals surface area contributed by atoms with Gasteiger partial charge in [-0.15, -0.1) is 0 Å². The number of benzene rings is 2. The van der Waals surface area contributed by atoms with Crippen molar-refractivity contribution in [1.82, 2.24) is 0 Å². The lowest BCUT2D eigenvalue weighted by atomic mass is 10.1. The highest BCUT2D eigenvalue weighted by molar-refractivity contribution is 7.74. The highest BCUT2D eigenvalue weighted by Crippen LogP contribution is 2.28. The molecule has 0 aliphatic carbocycles. The van der Waals surface area contributed by atoms with Crippen molar-refractivity contribution >= 4 is 33.7 Å². The molecule has 0 aliphatic heterocycles. The Kier molecular flexibility index (Phi) is 2.90. The Balaban J connectivity index is 2.60. The normalized spacial score (nSPS) is 12.7. The fourth-order valence-electron chi connectivity index (χ4n) is 1.37. The zero-order valence-corrected chi connectivity index (χ0v) is 9.05. The van der Waals surface area contributed by atoms with Gasteiger partial charge in [0, 0.05) is 10.4 Å². The van der Waals surface area contributed by atoms with Gasteiger partial charge in [0.05, 0.1) is 0 Å². The predicted molar refractivity (Wildman–Crippen MR) is 58.5 cm³/mol. The molecule has 0 heterocycles. The summed E-state index contributed by atoms with van der Waals surface area (Å²) >= 11 is 3.25. The lowest BCUT2D eigenvalue weighted by molar-refractivity contribution is 0.442. The molecule has 0 radical (unpaired) electrons. The molecule has 0 amide bonds. The highest BCUT2D eigenvalue weighted by atomic mass is 35.5. The summed E-state index contributed by atoms with van der Waals surface area (Å²) in [5.74, 6) is 0.303. The van der Waals surface area contributed by atoms with Crippen LogP contribution in [0.5, 0.6) is 5.75 Å². The lowest BCUT2D eigenvalue weighted by Gasteiger charge is -2.09. The van der Waals surface area contributed by atoms with Crippen molar-refractivity contribution in [3.63, 3.8) is 0 Å². The first kappa shape index (κ1) is 10.4. The minimum Gasteiger partial charge on any atom is -0.740 e. The van der Waals surface area contributed by atoms with Gasteiger partial charge in [0.15, 0.2) is 0 Å². The van der Waals surface area contributed by atoms with Gasteiger partial charge < -0.3 is 8.74 Å². The molecule has 2 aromatic carbocycles. The van der Waals surface area contributed by atoms with Crippen LogP contribution in [-0.2, 0) is 11.4 Å². The maximum absolute atomic E-state index is 10.4. The fraction of sp³-hybridized carbons (Fsp3) is 0. The monoisotopic (exact) mass is 241 g/mol. The molecule has 2 aromatic rings. The van der Waals surface area contributed by atoms with Crippen LogP contribution in [0.2, 0.25) is 5.02 Å². The smallest absolute Gasteiger partial charge is 0.147 e. The van der Waals surface area contributed by atoms with Crippen molar-refractivity contribution in [3.8, 4) is 5.75 Å². The second kappa shape index (κ2) is 4.18. The molecular formula is C10H6ClO3S-. The van der Waals surface area contributed by atoms with Crippen molar-refractivity contribution in [2.24, 2.45) is 0 Å². The summed E-state index contributed by atoms with van der Waals surface area (Å²) in [6.07, 6.45) is 0. The van der Waals surface area contributed by atoms with Gasteiger partial charge in [0.2, 0.25) is 0 Å². The zero-order chi connectivity index (χ0) is 10.8. The van der Waals surface area contributed by atoms with E-state index in [2.05, 4.69) is 4.18 Å². The molecule has 0 saturated heterocycles. The second-order valence-corrected chi connectivity index (χ2v) is 3.92. The van der Waals surface area contributed by atoms with E-state index in [1.54, 1.807) is 30.3 Å². The van der Waals surface area contributed by atoms with E-state index in [-0.39, 0.29) is 0 Å². The van der Waals surface area contributed by atoms with E-state index >= 15 is 0 Å². The number of hydrogen-bond donors (Lipinski definition) is 0. The second-order valence-electron chi connectivity index (χ2n) is 2.91. The van der Waals surface area contributed by atoms with Crippen LogP contribution in [0.25, 0.3) is 10.8 Å². The number of halogens is 1. The van der Waals surface area contributed by atoms with E-state index in [0.717, 1.165) is 5.39 Å². The summed E-state index contributed by atoms with van der Waals surface area (Å²) in [7, 11) is 0. The van der Waals surface area contributed by atoms with Gasteiger partial charge in [-0.25, -0.2) is 4.21 Å². The van der Waals surface area contributed by atoms with Crippen LogP contribution in [0.3, 0.4) is 0 Å². The zero-order valence-electron chi connectivity index (χ0n) is 7.48. The third kappa shape index (κ3) is 2.28. The van der Waals surface area contributed by atoms with Crippen LogP contribution in [0.4, 0.5) is 0 Å². The maximum Gasteiger partial charge on any atom is 0.147 e. The Bertz CT molecular complexity index is 527. The first-order chi connectivity index (χ1) is 7.16. The minimum absolute atomic E-state index is 0.303. The number of rotatable bonds is 2. The van der Waals surface area contributed by atoms with Crippen LogP contribution in [-0.4, -0.2) is 8.76 Å². The fourth-order valence-corrected chi connectivity index (χ4v) is 1.84. The van der Waals surface area contributed by atoms with Crippen LogP contribution in [0.15, 0.2) is 36.4 Å². The average Bonchev–Trinajstić information content (AvgIpc) is 2.16. The summed E-state index contributed by atoms with van der Waals surface area (Å²) in [5, 5.41) is 2.15. The first-order valence-electron chi connectivity index (χ1n) is 4.13. The van der Waals surface area contributed by atoms with Gasteiger partial charge in [-0.1, -0.05) is 23.7 Å².